The van der Waals surface area contributed by atoms with Crippen LogP contribution in [0.5, 0.6) is 0 Å². The summed E-state index contributed by atoms with van der Waals surface area (Å²) in [5.74, 6) is 0.518. The van der Waals surface area contributed by atoms with E-state index in [2.05, 4.69) is 59.7 Å². The van der Waals surface area contributed by atoms with Crippen molar-refractivity contribution in [1.82, 2.24) is 4.90 Å². The quantitative estimate of drug-likeness (QED) is 0.495. The van der Waals surface area contributed by atoms with Gasteiger partial charge in [0.2, 0.25) is 0 Å². The van der Waals surface area contributed by atoms with E-state index in [-0.39, 0.29) is 5.41 Å². The second-order valence-electron chi connectivity index (χ2n) is 6.99. The molecule has 20 heavy (non-hydrogen) atoms. The lowest BCUT2D eigenvalue weighted by molar-refractivity contribution is 0.256. The molecule has 0 saturated heterocycles. The fourth-order valence-corrected chi connectivity index (χ4v) is 2.37. The number of likely N-dealkylation sites (N-methyl/N-ethyl adjacent to an activating group) is 1. The second-order valence-corrected chi connectivity index (χ2v) is 6.99. The third-order valence-electron chi connectivity index (χ3n) is 4.40. The molecular weight excluding hydrogens is 244 g/mol. The molecule has 0 aliphatic carbocycles. The van der Waals surface area contributed by atoms with Gasteiger partial charge in [-0.2, -0.15) is 0 Å². The van der Waals surface area contributed by atoms with E-state index < -0.39 is 0 Å². The van der Waals surface area contributed by atoms with Crippen molar-refractivity contribution in [2.24, 2.45) is 17.1 Å². The van der Waals surface area contributed by atoms with E-state index in [4.69, 9.17) is 5.73 Å². The Morgan fingerprint density at radius 3 is 2.15 bits per heavy atom. The summed E-state index contributed by atoms with van der Waals surface area (Å²) in [5.41, 5.74) is 8.26. The van der Waals surface area contributed by atoms with Gasteiger partial charge in [0.25, 0.3) is 0 Å². The third kappa shape index (κ3) is 5.70. The van der Waals surface area contributed by atoms with E-state index in [1.54, 1.807) is 0 Å². The Morgan fingerprint density at radius 2 is 1.75 bits per heavy atom. The molecular formula is C18H36N2. The number of hydrogen-bond donors (Lipinski definition) is 1. The molecule has 0 aromatic carbocycles. The first-order valence-corrected chi connectivity index (χ1v) is 7.97. The molecule has 2 N–H and O–H groups in total. The van der Waals surface area contributed by atoms with Gasteiger partial charge in [-0.3, -0.25) is 0 Å². The monoisotopic (exact) mass is 280 g/mol. The van der Waals surface area contributed by atoms with Crippen LogP contribution in [-0.2, 0) is 0 Å². The van der Waals surface area contributed by atoms with Crippen molar-refractivity contribution in [1.29, 1.82) is 0 Å². The Kier molecular flexibility index (Phi) is 8.19. The molecule has 0 rings (SSSR count). The molecule has 0 aliphatic heterocycles. The molecule has 2 unspecified atom stereocenters. The molecule has 0 bridgehead atoms. The van der Waals surface area contributed by atoms with Gasteiger partial charge >= 0.3 is 0 Å². The molecule has 0 aliphatic rings. The smallest absolute Gasteiger partial charge is 0.0498 e. The van der Waals surface area contributed by atoms with Crippen LogP contribution in [0.15, 0.2) is 24.4 Å². The Hall–Kier alpha value is -0.760. The van der Waals surface area contributed by atoms with Crippen LogP contribution >= 0.6 is 0 Å². The van der Waals surface area contributed by atoms with Gasteiger partial charge in [-0.25, -0.2) is 0 Å². The van der Waals surface area contributed by atoms with Gasteiger partial charge in [0.1, 0.15) is 0 Å². The molecule has 2 nitrogen and oxygen atoms in total. The molecule has 0 heterocycles. The average molecular weight is 280 g/mol. The zero-order chi connectivity index (χ0) is 15.9. The van der Waals surface area contributed by atoms with E-state index >= 15 is 0 Å². The number of nitrogens with two attached hydrogens (primary N) is 1. The third-order valence-corrected chi connectivity index (χ3v) is 4.40. The number of allylic oxidation sites excluding steroid dienone is 1. The van der Waals surface area contributed by atoms with Crippen LogP contribution in [-0.4, -0.2) is 24.5 Å². The predicted molar refractivity (Wildman–Crippen MR) is 91.6 cm³/mol. The van der Waals surface area contributed by atoms with Crippen LogP contribution in [0.3, 0.4) is 0 Å². The maximum atomic E-state index is 5.63. The molecule has 0 fully saturated rings. The molecule has 2 heteroatoms. The molecule has 118 valence electrons. The summed E-state index contributed by atoms with van der Waals surface area (Å²) in [6.07, 6.45) is 4.46. The van der Waals surface area contributed by atoms with Gasteiger partial charge in [0.05, 0.1) is 0 Å². The van der Waals surface area contributed by atoms with Crippen molar-refractivity contribution in [2.45, 2.75) is 66.3 Å². The van der Waals surface area contributed by atoms with E-state index in [1.807, 2.05) is 0 Å². The van der Waals surface area contributed by atoms with E-state index in [0.717, 1.165) is 32.2 Å². The molecule has 0 saturated carbocycles. The molecule has 0 amide bonds. The predicted octanol–water partition coefficient (Wildman–Crippen LogP) is 4.58. The fraction of sp³-hybridized carbons (Fsp3) is 0.778. The highest BCUT2D eigenvalue weighted by molar-refractivity contribution is 5.17. The minimum Gasteiger partial charge on any atom is -0.371 e. The van der Waals surface area contributed by atoms with Crippen LogP contribution < -0.4 is 5.73 Å². The number of nitrogens with zero attached hydrogens (tertiary/aromatic N) is 1. The largest absolute Gasteiger partial charge is 0.371 e. The van der Waals surface area contributed by atoms with Gasteiger partial charge in [-0.1, -0.05) is 47.8 Å². The number of hydrogen-bond acceptors (Lipinski definition) is 2. The lowest BCUT2D eigenvalue weighted by Gasteiger charge is -2.39. The van der Waals surface area contributed by atoms with Gasteiger partial charge in [0, 0.05) is 18.8 Å². The molecule has 2 atom stereocenters. The lowest BCUT2D eigenvalue weighted by Crippen LogP contribution is -2.37. The van der Waals surface area contributed by atoms with Crippen LogP contribution in [0.2, 0.25) is 0 Å². The highest BCUT2D eigenvalue weighted by Gasteiger charge is 2.27. The van der Waals surface area contributed by atoms with Crippen LogP contribution in [0.4, 0.5) is 0 Å². The minimum absolute atomic E-state index is 0.122. The zero-order valence-electron chi connectivity index (χ0n) is 14.6. The fourth-order valence-electron chi connectivity index (χ4n) is 2.37. The van der Waals surface area contributed by atoms with Gasteiger partial charge in [-0.05, 0) is 49.1 Å². The van der Waals surface area contributed by atoms with Crippen molar-refractivity contribution in [3.63, 3.8) is 0 Å². The Bertz CT molecular complexity index is 312. The zero-order valence-corrected chi connectivity index (χ0v) is 14.6. The number of unbranched alkanes of at least 4 members (excludes halogenated alkanes) is 1. The van der Waals surface area contributed by atoms with Crippen molar-refractivity contribution >= 4 is 0 Å². The first kappa shape index (κ1) is 19.2. The Morgan fingerprint density at radius 1 is 1.20 bits per heavy atom. The van der Waals surface area contributed by atoms with Crippen molar-refractivity contribution in [3.05, 3.63) is 24.4 Å². The summed E-state index contributed by atoms with van der Waals surface area (Å²) in [6.45, 7) is 20.6. The first-order chi connectivity index (χ1) is 9.16. The van der Waals surface area contributed by atoms with Crippen molar-refractivity contribution in [3.8, 4) is 0 Å². The van der Waals surface area contributed by atoms with E-state index in [0.29, 0.717) is 12.0 Å². The topological polar surface area (TPSA) is 29.3 Å². The minimum atomic E-state index is 0.122. The summed E-state index contributed by atoms with van der Waals surface area (Å²) in [6, 6.07) is 0.364. The van der Waals surface area contributed by atoms with Crippen molar-refractivity contribution < 1.29 is 0 Å². The van der Waals surface area contributed by atoms with Gasteiger partial charge in [0.15, 0.2) is 0 Å². The van der Waals surface area contributed by atoms with Gasteiger partial charge < -0.3 is 10.6 Å². The average Bonchev–Trinajstić information content (AvgIpc) is 2.39. The van der Waals surface area contributed by atoms with E-state index in [1.165, 1.54) is 11.3 Å². The van der Waals surface area contributed by atoms with Crippen LogP contribution in [0.25, 0.3) is 0 Å². The summed E-state index contributed by atoms with van der Waals surface area (Å²) in [4.78, 5) is 2.35. The summed E-state index contributed by atoms with van der Waals surface area (Å²) in [5, 5.41) is 0. The molecule has 0 radical (unpaired) electrons. The second kappa shape index (κ2) is 8.51. The molecule has 0 aromatic rings. The lowest BCUT2D eigenvalue weighted by atomic mass is 9.80. The molecule has 0 aromatic heterocycles. The highest BCUT2D eigenvalue weighted by Crippen LogP contribution is 2.33. The molecule has 0 spiro atoms. The Labute approximate surface area is 127 Å². The summed E-state index contributed by atoms with van der Waals surface area (Å²) < 4.78 is 0. The standard InChI is InChI=1S/C18H36N2/c1-9-14(2)16(4)20(8)17(12-10-11-13-19)15(3)18(5,6)7/h14,17H,3-4,9-13,19H2,1-2,5-8H3. The number of rotatable bonds is 9. The normalized spacial score (nSPS) is 14.8. The van der Waals surface area contributed by atoms with Gasteiger partial charge in [-0.15, -0.1) is 0 Å². The van der Waals surface area contributed by atoms with Crippen LogP contribution in [0, 0.1) is 11.3 Å². The maximum absolute atomic E-state index is 5.63. The van der Waals surface area contributed by atoms with E-state index in [9.17, 15) is 0 Å². The first-order valence-electron chi connectivity index (χ1n) is 7.97. The van der Waals surface area contributed by atoms with Crippen LogP contribution in [0.1, 0.15) is 60.3 Å². The maximum Gasteiger partial charge on any atom is 0.0498 e. The van der Waals surface area contributed by atoms with Crippen molar-refractivity contribution in [2.75, 3.05) is 13.6 Å². The SMILES string of the molecule is C=C(C(C)CC)N(C)C(CCCCN)C(=C)C(C)(C)C. The highest BCUT2D eigenvalue weighted by atomic mass is 15.1. The summed E-state index contributed by atoms with van der Waals surface area (Å²) in [7, 11) is 2.17. The Balaban J connectivity index is 5.01. The summed E-state index contributed by atoms with van der Waals surface area (Å²) >= 11 is 0.